The number of carbonyl (C=O) groups is 1. The van der Waals surface area contributed by atoms with E-state index in [4.69, 9.17) is 5.11 Å². The average molecular weight is 304 g/mol. The largest absolute Gasteiger partial charge is 0.416 e. The van der Waals surface area contributed by atoms with Crippen molar-refractivity contribution in [1.82, 2.24) is 4.90 Å². The van der Waals surface area contributed by atoms with Crippen LogP contribution in [-0.4, -0.2) is 41.7 Å². The lowest BCUT2D eigenvalue weighted by Gasteiger charge is -2.26. The van der Waals surface area contributed by atoms with Gasteiger partial charge in [0.2, 0.25) is 5.91 Å². The third-order valence-corrected chi connectivity index (χ3v) is 3.18. The van der Waals surface area contributed by atoms with Crippen molar-refractivity contribution in [3.8, 4) is 0 Å². The first-order valence-corrected chi connectivity index (χ1v) is 6.62. The highest BCUT2D eigenvalue weighted by molar-refractivity contribution is 5.94. The Morgan fingerprint density at radius 2 is 2.10 bits per heavy atom. The van der Waals surface area contributed by atoms with Crippen molar-refractivity contribution in [2.24, 2.45) is 0 Å². The summed E-state index contributed by atoms with van der Waals surface area (Å²) in [5.41, 5.74) is -0.711. The van der Waals surface area contributed by atoms with Crippen molar-refractivity contribution >= 4 is 11.6 Å². The van der Waals surface area contributed by atoms with Gasteiger partial charge in [0.15, 0.2) is 0 Å². The minimum atomic E-state index is -4.45. The summed E-state index contributed by atoms with van der Waals surface area (Å²) in [6, 6.07) is 3.95. The summed E-state index contributed by atoms with van der Waals surface area (Å²) in [6.07, 6.45) is -4.45. The summed E-state index contributed by atoms with van der Waals surface area (Å²) in [4.78, 5) is 13.8. The van der Waals surface area contributed by atoms with Crippen LogP contribution in [0.2, 0.25) is 0 Å². The van der Waals surface area contributed by atoms with Gasteiger partial charge in [-0.3, -0.25) is 9.69 Å². The summed E-state index contributed by atoms with van der Waals surface area (Å²) >= 11 is 0. The number of aliphatic hydroxyl groups is 1. The van der Waals surface area contributed by atoms with Crippen molar-refractivity contribution < 1.29 is 23.1 Å². The van der Waals surface area contributed by atoms with Crippen molar-refractivity contribution in [2.45, 2.75) is 26.1 Å². The van der Waals surface area contributed by atoms with Crippen molar-refractivity contribution in [1.29, 1.82) is 0 Å². The Bertz CT molecular complexity index is 478. The molecule has 0 aromatic heterocycles. The van der Waals surface area contributed by atoms with Gasteiger partial charge >= 0.3 is 6.18 Å². The van der Waals surface area contributed by atoms with E-state index in [1.54, 1.807) is 11.8 Å². The molecule has 0 fully saturated rings. The molecule has 0 heterocycles. The molecule has 0 saturated carbocycles. The van der Waals surface area contributed by atoms with Crippen LogP contribution < -0.4 is 5.32 Å². The number of hydrogen-bond donors (Lipinski definition) is 2. The Balaban J connectivity index is 2.79. The molecule has 1 aromatic carbocycles. The third kappa shape index (κ3) is 5.02. The van der Waals surface area contributed by atoms with Gasteiger partial charge in [-0.2, -0.15) is 13.2 Å². The second-order valence-electron chi connectivity index (χ2n) is 4.60. The Morgan fingerprint density at radius 1 is 1.43 bits per heavy atom. The van der Waals surface area contributed by atoms with E-state index in [1.807, 2.05) is 6.92 Å². The molecule has 0 aliphatic rings. The van der Waals surface area contributed by atoms with E-state index in [-0.39, 0.29) is 12.3 Å². The number of anilines is 1. The smallest absolute Gasteiger partial charge is 0.395 e. The number of rotatable bonds is 6. The number of carbonyl (C=O) groups excluding carboxylic acids is 1. The molecule has 21 heavy (non-hydrogen) atoms. The van der Waals surface area contributed by atoms with Gasteiger partial charge in [-0.15, -0.1) is 0 Å². The van der Waals surface area contributed by atoms with Gasteiger partial charge in [0.05, 0.1) is 18.2 Å². The Morgan fingerprint density at radius 3 is 2.62 bits per heavy atom. The summed E-state index contributed by atoms with van der Waals surface area (Å²) < 4.78 is 37.8. The van der Waals surface area contributed by atoms with Crippen LogP contribution in [0.25, 0.3) is 0 Å². The standard InChI is InChI=1S/C14H19F3N2O2/c1-3-19(7-8-20)10(2)13(21)18-12-6-4-5-11(9-12)14(15,16)17/h4-6,9-10,20H,3,7-8H2,1-2H3,(H,18,21). The van der Waals surface area contributed by atoms with E-state index in [0.717, 1.165) is 12.1 Å². The molecular formula is C14H19F3N2O2. The predicted molar refractivity (Wildman–Crippen MR) is 73.9 cm³/mol. The summed E-state index contributed by atoms with van der Waals surface area (Å²) in [5.74, 6) is -0.412. The van der Waals surface area contributed by atoms with Gasteiger partial charge < -0.3 is 10.4 Å². The van der Waals surface area contributed by atoms with Crippen LogP contribution in [0, 0.1) is 0 Å². The van der Waals surface area contributed by atoms with Crippen LogP contribution >= 0.6 is 0 Å². The molecule has 0 saturated heterocycles. The summed E-state index contributed by atoms with van der Waals surface area (Å²) in [6.45, 7) is 4.27. The molecule has 1 amide bonds. The SMILES string of the molecule is CCN(CCO)C(C)C(=O)Nc1cccc(C(F)(F)F)c1. The minimum Gasteiger partial charge on any atom is -0.395 e. The molecule has 118 valence electrons. The van der Waals surface area contributed by atoms with Crippen molar-refractivity contribution in [2.75, 3.05) is 25.0 Å². The number of amides is 1. The number of alkyl halides is 3. The van der Waals surface area contributed by atoms with E-state index in [0.29, 0.717) is 13.1 Å². The molecule has 4 nitrogen and oxygen atoms in total. The van der Waals surface area contributed by atoms with Crippen LogP contribution in [0.4, 0.5) is 18.9 Å². The zero-order chi connectivity index (χ0) is 16.0. The predicted octanol–water partition coefficient (Wildman–Crippen LogP) is 2.35. The summed E-state index contributed by atoms with van der Waals surface area (Å²) in [7, 11) is 0. The van der Waals surface area contributed by atoms with Crippen LogP contribution in [0.15, 0.2) is 24.3 Å². The van der Waals surface area contributed by atoms with Gasteiger partial charge in [-0.25, -0.2) is 0 Å². The number of benzene rings is 1. The fourth-order valence-corrected chi connectivity index (χ4v) is 1.94. The number of aliphatic hydroxyl groups excluding tert-OH is 1. The van der Waals surface area contributed by atoms with E-state index in [9.17, 15) is 18.0 Å². The quantitative estimate of drug-likeness (QED) is 0.848. The molecule has 1 rings (SSSR count). The third-order valence-electron chi connectivity index (χ3n) is 3.18. The lowest BCUT2D eigenvalue weighted by atomic mass is 10.2. The van der Waals surface area contributed by atoms with Crippen molar-refractivity contribution in [3.05, 3.63) is 29.8 Å². The second-order valence-corrected chi connectivity index (χ2v) is 4.60. The Hall–Kier alpha value is -1.60. The molecule has 1 atom stereocenters. The van der Waals surface area contributed by atoms with E-state index < -0.39 is 23.7 Å². The highest BCUT2D eigenvalue weighted by Crippen LogP contribution is 2.30. The average Bonchev–Trinajstić information content (AvgIpc) is 2.43. The molecular weight excluding hydrogens is 285 g/mol. The molecule has 0 spiro atoms. The van der Waals surface area contributed by atoms with Crippen LogP contribution in [0.3, 0.4) is 0 Å². The van der Waals surface area contributed by atoms with Gasteiger partial charge in [-0.05, 0) is 31.7 Å². The molecule has 2 N–H and O–H groups in total. The first-order chi connectivity index (χ1) is 9.79. The highest BCUT2D eigenvalue weighted by Gasteiger charge is 2.30. The molecule has 7 heteroatoms. The summed E-state index contributed by atoms with van der Waals surface area (Å²) in [5, 5.41) is 11.4. The number of nitrogens with one attached hydrogen (secondary N) is 1. The van der Waals surface area contributed by atoms with Crippen LogP contribution in [0.1, 0.15) is 19.4 Å². The molecule has 0 radical (unpaired) electrons. The Labute approximate surface area is 121 Å². The number of likely N-dealkylation sites (N-methyl/N-ethyl adjacent to an activating group) is 1. The first-order valence-electron chi connectivity index (χ1n) is 6.62. The minimum absolute atomic E-state index is 0.0883. The fourth-order valence-electron chi connectivity index (χ4n) is 1.94. The van der Waals surface area contributed by atoms with E-state index in [1.165, 1.54) is 12.1 Å². The monoisotopic (exact) mass is 304 g/mol. The Kier molecular flexibility index (Phi) is 6.17. The van der Waals surface area contributed by atoms with Crippen LogP contribution in [0.5, 0.6) is 0 Å². The maximum Gasteiger partial charge on any atom is 0.416 e. The lowest BCUT2D eigenvalue weighted by Crippen LogP contribution is -2.43. The maximum absolute atomic E-state index is 12.6. The molecule has 0 bridgehead atoms. The topological polar surface area (TPSA) is 52.6 Å². The molecule has 0 aliphatic carbocycles. The number of nitrogens with zero attached hydrogens (tertiary/aromatic N) is 1. The molecule has 1 aromatic rings. The fraction of sp³-hybridized carbons (Fsp3) is 0.500. The first kappa shape index (κ1) is 17.5. The zero-order valence-electron chi connectivity index (χ0n) is 11.9. The number of halogens is 3. The lowest BCUT2D eigenvalue weighted by molar-refractivity contribution is -0.137. The van der Waals surface area contributed by atoms with E-state index >= 15 is 0 Å². The molecule has 1 unspecified atom stereocenters. The van der Waals surface area contributed by atoms with E-state index in [2.05, 4.69) is 5.32 Å². The van der Waals surface area contributed by atoms with Gasteiger partial charge in [0, 0.05) is 12.2 Å². The normalized spacial score (nSPS) is 13.3. The van der Waals surface area contributed by atoms with Gasteiger partial charge in [-0.1, -0.05) is 13.0 Å². The zero-order valence-corrected chi connectivity index (χ0v) is 11.9. The molecule has 0 aliphatic heterocycles. The van der Waals surface area contributed by atoms with Crippen LogP contribution in [-0.2, 0) is 11.0 Å². The van der Waals surface area contributed by atoms with Gasteiger partial charge in [0.25, 0.3) is 0 Å². The second kappa shape index (κ2) is 7.42. The highest BCUT2D eigenvalue weighted by atomic mass is 19.4. The number of hydrogen-bond acceptors (Lipinski definition) is 3. The van der Waals surface area contributed by atoms with Gasteiger partial charge in [0.1, 0.15) is 0 Å². The maximum atomic E-state index is 12.6. The van der Waals surface area contributed by atoms with Crippen molar-refractivity contribution in [3.63, 3.8) is 0 Å².